The number of hydrogen-bond donors (Lipinski definition) is 1. The van der Waals surface area contributed by atoms with Gasteiger partial charge in [0, 0.05) is 11.6 Å². The Hall–Kier alpha value is -1.36. The van der Waals surface area contributed by atoms with Crippen molar-refractivity contribution in [3.63, 3.8) is 0 Å². The first-order valence-electron chi connectivity index (χ1n) is 6.21. The predicted molar refractivity (Wildman–Crippen MR) is 81.4 cm³/mol. The lowest BCUT2D eigenvalue weighted by atomic mass is 10.1. The van der Waals surface area contributed by atoms with Crippen LogP contribution < -0.4 is 4.72 Å². The summed E-state index contributed by atoms with van der Waals surface area (Å²) in [5, 5.41) is 0.448. The fourth-order valence-corrected chi connectivity index (χ4v) is 3.44. The molecule has 0 unspecified atom stereocenters. The van der Waals surface area contributed by atoms with E-state index >= 15 is 0 Å². The molecule has 0 atom stereocenters. The van der Waals surface area contributed by atoms with Crippen LogP contribution in [0.4, 0.5) is 0 Å². The molecule has 0 radical (unpaired) electrons. The Morgan fingerprint density at radius 1 is 1.05 bits per heavy atom. The molecule has 0 saturated heterocycles. The molecule has 2 aromatic carbocycles. The molecular formula is C15H16ClNO2S. The Kier molecular flexibility index (Phi) is 4.48. The van der Waals surface area contributed by atoms with Gasteiger partial charge in [-0.15, -0.1) is 0 Å². The molecule has 0 aliphatic carbocycles. The van der Waals surface area contributed by atoms with Crippen molar-refractivity contribution in [2.24, 2.45) is 0 Å². The molecule has 2 rings (SSSR count). The number of aryl methyl sites for hydroxylation is 1. The Balaban J connectivity index is 2.24. The summed E-state index contributed by atoms with van der Waals surface area (Å²) in [5.41, 5.74) is 2.57. The van der Waals surface area contributed by atoms with Crippen molar-refractivity contribution < 1.29 is 8.42 Å². The molecule has 0 fully saturated rings. The second-order valence-electron chi connectivity index (χ2n) is 4.61. The van der Waals surface area contributed by atoms with E-state index in [1.165, 1.54) is 0 Å². The molecule has 5 heteroatoms. The van der Waals surface area contributed by atoms with E-state index in [4.69, 9.17) is 11.6 Å². The van der Waals surface area contributed by atoms with Crippen LogP contribution in [0.2, 0.25) is 5.02 Å². The summed E-state index contributed by atoms with van der Waals surface area (Å²) in [4.78, 5) is 0.221. The van der Waals surface area contributed by atoms with Gasteiger partial charge in [0.25, 0.3) is 0 Å². The lowest BCUT2D eigenvalue weighted by Crippen LogP contribution is -2.24. The smallest absolute Gasteiger partial charge is 0.207 e. The lowest BCUT2D eigenvalue weighted by molar-refractivity contribution is 0.580. The molecule has 3 nitrogen and oxygen atoms in total. The molecule has 2 aromatic rings. The molecule has 0 heterocycles. The van der Waals surface area contributed by atoms with Gasteiger partial charge in [0.1, 0.15) is 0 Å². The van der Waals surface area contributed by atoms with E-state index < -0.39 is 10.0 Å². The van der Waals surface area contributed by atoms with Crippen molar-refractivity contribution in [1.29, 1.82) is 0 Å². The molecule has 1 N–H and O–H groups in total. The zero-order valence-electron chi connectivity index (χ0n) is 11.4. The molecule has 0 amide bonds. The van der Waals surface area contributed by atoms with Gasteiger partial charge in [-0.25, -0.2) is 13.1 Å². The quantitative estimate of drug-likeness (QED) is 0.940. The van der Waals surface area contributed by atoms with E-state index in [9.17, 15) is 8.42 Å². The Bertz CT molecular complexity index is 726. The van der Waals surface area contributed by atoms with E-state index in [0.717, 1.165) is 11.1 Å². The fraction of sp³-hybridized carbons (Fsp3) is 0.200. The summed E-state index contributed by atoms with van der Waals surface area (Å²) in [6, 6.07) is 12.5. The standard InChI is InChI=1S/C15H16ClNO2S/c1-11-6-3-4-7-13(11)10-17-20(18,19)15-9-5-8-14(16)12(15)2/h3-9,17H,10H2,1-2H3. The minimum atomic E-state index is -3.56. The largest absolute Gasteiger partial charge is 0.241 e. The first-order chi connectivity index (χ1) is 9.42. The number of sulfonamides is 1. The van der Waals surface area contributed by atoms with Gasteiger partial charge in [-0.3, -0.25) is 0 Å². The summed E-state index contributed by atoms with van der Waals surface area (Å²) < 4.78 is 27.3. The molecular weight excluding hydrogens is 294 g/mol. The predicted octanol–water partition coefficient (Wildman–Crippen LogP) is 3.44. The third kappa shape index (κ3) is 3.20. The van der Waals surface area contributed by atoms with Crippen LogP contribution >= 0.6 is 11.6 Å². The molecule has 0 aliphatic heterocycles. The van der Waals surface area contributed by atoms with Crippen LogP contribution in [-0.4, -0.2) is 8.42 Å². The van der Waals surface area contributed by atoms with Crippen molar-refractivity contribution in [1.82, 2.24) is 4.72 Å². The van der Waals surface area contributed by atoms with Crippen molar-refractivity contribution in [3.05, 3.63) is 64.2 Å². The maximum absolute atomic E-state index is 12.3. The maximum atomic E-state index is 12.3. The number of benzene rings is 2. The zero-order chi connectivity index (χ0) is 14.8. The summed E-state index contributed by atoms with van der Waals surface area (Å²) in [6.07, 6.45) is 0. The summed E-state index contributed by atoms with van der Waals surface area (Å²) >= 11 is 5.97. The average molecular weight is 310 g/mol. The highest BCUT2D eigenvalue weighted by Gasteiger charge is 2.17. The summed E-state index contributed by atoms with van der Waals surface area (Å²) in [7, 11) is -3.56. The first kappa shape index (κ1) is 15.0. The van der Waals surface area contributed by atoms with Crippen LogP contribution in [0.3, 0.4) is 0 Å². The summed E-state index contributed by atoms with van der Waals surface area (Å²) in [5.74, 6) is 0. The molecule has 0 spiro atoms. The first-order valence-corrected chi connectivity index (χ1v) is 8.07. The van der Waals surface area contributed by atoms with Gasteiger partial charge in [-0.2, -0.15) is 0 Å². The van der Waals surface area contributed by atoms with Gasteiger partial charge in [-0.1, -0.05) is 41.9 Å². The van der Waals surface area contributed by atoms with Gasteiger partial charge < -0.3 is 0 Å². The minimum absolute atomic E-state index is 0.221. The van der Waals surface area contributed by atoms with E-state index in [1.807, 2.05) is 31.2 Å². The SMILES string of the molecule is Cc1ccccc1CNS(=O)(=O)c1cccc(Cl)c1C. The van der Waals surface area contributed by atoms with Crippen LogP contribution in [0, 0.1) is 13.8 Å². The molecule has 0 aliphatic rings. The van der Waals surface area contributed by atoms with Crippen LogP contribution in [0.5, 0.6) is 0 Å². The van der Waals surface area contributed by atoms with Gasteiger partial charge in [0.2, 0.25) is 10.0 Å². The monoisotopic (exact) mass is 309 g/mol. The zero-order valence-corrected chi connectivity index (χ0v) is 12.9. The van der Waals surface area contributed by atoms with E-state index in [2.05, 4.69) is 4.72 Å². The van der Waals surface area contributed by atoms with E-state index in [-0.39, 0.29) is 11.4 Å². The van der Waals surface area contributed by atoms with Crippen molar-refractivity contribution in [2.75, 3.05) is 0 Å². The second kappa shape index (κ2) is 5.95. The Morgan fingerprint density at radius 3 is 2.45 bits per heavy atom. The van der Waals surface area contributed by atoms with E-state index in [1.54, 1.807) is 25.1 Å². The Labute approximate surface area is 124 Å². The van der Waals surface area contributed by atoms with Crippen LogP contribution in [0.1, 0.15) is 16.7 Å². The van der Waals surface area contributed by atoms with Gasteiger partial charge in [0.15, 0.2) is 0 Å². The second-order valence-corrected chi connectivity index (χ2v) is 6.76. The minimum Gasteiger partial charge on any atom is -0.207 e. The number of rotatable bonds is 4. The van der Waals surface area contributed by atoms with Crippen LogP contribution in [0.15, 0.2) is 47.4 Å². The lowest BCUT2D eigenvalue weighted by Gasteiger charge is -2.11. The average Bonchev–Trinajstić information content (AvgIpc) is 2.41. The summed E-state index contributed by atoms with van der Waals surface area (Å²) in [6.45, 7) is 3.92. The molecule has 0 aromatic heterocycles. The van der Waals surface area contributed by atoms with Crippen molar-refractivity contribution >= 4 is 21.6 Å². The van der Waals surface area contributed by atoms with Gasteiger partial charge >= 0.3 is 0 Å². The highest BCUT2D eigenvalue weighted by atomic mass is 35.5. The number of nitrogens with one attached hydrogen (secondary N) is 1. The topological polar surface area (TPSA) is 46.2 Å². The van der Waals surface area contributed by atoms with Crippen LogP contribution in [0.25, 0.3) is 0 Å². The van der Waals surface area contributed by atoms with Crippen LogP contribution in [-0.2, 0) is 16.6 Å². The molecule has 0 saturated carbocycles. The van der Waals surface area contributed by atoms with Gasteiger partial charge in [-0.05, 0) is 42.7 Å². The van der Waals surface area contributed by atoms with Crippen molar-refractivity contribution in [2.45, 2.75) is 25.3 Å². The number of halogens is 1. The van der Waals surface area contributed by atoms with Gasteiger partial charge in [0.05, 0.1) is 4.90 Å². The third-order valence-corrected chi connectivity index (χ3v) is 5.18. The van der Waals surface area contributed by atoms with E-state index in [0.29, 0.717) is 10.6 Å². The third-order valence-electron chi connectivity index (χ3n) is 3.22. The Morgan fingerprint density at radius 2 is 1.75 bits per heavy atom. The normalized spacial score (nSPS) is 11.6. The highest BCUT2D eigenvalue weighted by Crippen LogP contribution is 2.22. The van der Waals surface area contributed by atoms with Crippen molar-refractivity contribution in [3.8, 4) is 0 Å². The molecule has 20 heavy (non-hydrogen) atoms. The fourth-order valence-electron chi connectivity index (χ4n) is 1.94. The molecule has 0 bridgehead atoms. The number of hydrogen-bond acceptors (Lipinski definition) is 2. The molecule has 106 valence electrons. The highest BCUT2D eigenvalue weighted by molar-refractivity contribution is 7.89. The maximum Gasteiger partial charge on any atom is 0.241 e.